The Labute approximate surface area is 142 Å². The predicted octanol–water partition coefficient (Wildman–Crippen LogP) is 2.62. The van der Waals surface area contributed by atoms with E-state index in [2.05, 4.69) is 20.6 Å². The third kappa shape index (κ3) is 3.02. The third-order valence-electron chi connectivity index (χ3n) is 4.39. The maximum absolute atomic E-state index is 13.9. The zero-order chi connectivity index (χ0) is 17.2. The summed E-state index contributed by atoms with van der Waals surface area (Å²) in [6, 6.07) is 9.52. The van der Waals surface area contributed by atoms with Gasteiger partial charge in [-0.3, -0.25) is 4.79 Å². The van der Waals surface area contributed by atoms with Crippen LogP contribution in [-0.2, 0) is 0 Å². The first kappa shape index (κ1) is 15.5. The topological polar surface area (TPSA) is 87.9 Å². The van der Waals surface area contributed by atoms with Crippen molar-refractivity contribution in [3.05, 3.63) is 53.8 Å². The van der Waals surface area contributed by atoms with Crippen LogP contribution in [0.5, 0.6) is 0 Å². The number of rotatable bonds is 3. The molecule has 1 saturated heterocycles. The number of amides is 1. The Kier molecular flexibility index (Phi) is 4.01. The van der Waals surface area contributed by atoms with E-state index in [-0.39, 0.29) is 23.4 Å². The van der Waals surface area contributed by atoms with E-state index in [1.165, 1.54) is 6.07 Å². The van der Waals surface area contributed by atoms with E-state index in [1.54, 1.807) is 35.2 Å². The Morgan fingerprint density at radius 1 is 1.28 bits per heavy atom. The first-order valence-corrected chi connectivity index (χ1v) is 8.10. The molecule has 3 aromatic rings. The smallest absolute Gasteiger partial charge is 0.289 e. The standard InChI is InChI=1S/C17H16FN5O2/c18-13-6-2-1-5-12(13)14-7-8-15(25-14)17(24)23-9-3-4-11(10-23)16-19-21-22-20-16/h1-2,5-8,11H,3-4,9-10H2,(H,19,20,21,22). The van der Waals surface area contributed by atoms with Crippen LogP contribution in [0.4, 0.5) is 4.39 Å². The second-order valence-electron chi connectivity index (χ2n) is 6.00. The van der Waals surface area contributed by atoms with Gasteiger partial charge in [-0.05, 0) is 37.1 Å². The summed E-state index contributed by atoms with van der Waals surface area (Å²) in [5.74, 6) is 0.614. The number of H-pyrrole nitrogens is 1. The molecule has 1 N–H and O–H groups in total. The van der Waals surface area contributed by atoms with Crippen LogP contribution in [0.3, 0.4) is 0 Å². The van der Waals surface area contributed by atoms with Gasteiger partial charge in [-0.2, -0.15) is 5.21 Å². The van der Waals surface area contributed by atoms with Gasteiger partial charge in [0.25, 0.3) is 5.91 Å². The van der Waals surface area contributed by atoms with Gasteiger partial charge in [-0.25, -0.2) is 4.39 Å². The number of piperidine rings is 1. The van der Waals surface area contributed by atoms with Gasteiger partial charge in [-0.1, -0.05) is 17.3 Å². The van der Waals surface area contributed by atoms with Crippen molar-refractivity contribution in [1.82, 2.24) is 25.5 Å². The van der Waals surface area contributed by atoms with Crippen LogP contribution in [0.25, 0.3) is 11.3 Å². The van der Waals surface area contributed by atoms with E-state index in [1.807, 2.05) is 0 Å². The van der Waals surface area contributed by atoms with Crippen LogP contribution in [-0.4, -0.2) is 44.5 Å². The van der Waals surface area contributed by atoms with Crippen molar-refractivity contribution in [2.75, 3.05) is 13.1 Å². The molecule has 0 bridgehead atoms. The average molecular weight is 341 g/mol. The number of halogens is 1. The van der Waals surface area contributed by atoms with Gasteiger partial charge >= 0.3 is 0 Å². The number of aromatic amines is 1. The van der Waals surface area contributed by atoms with Crippen molar-refractivity contribution in [1.29, 1.82) is 0 Å². The first-order valence-electron chi connectivity index (χ1n) is 8.10. The molecule has 4 rings (SSSR count). The molecule has 25 heavy (non-hydrogen) atoms. The normalized spacial score (nSPS) is 17.6. The van der Waals surface area contributed by atoms with E-state index in [0.29, 0.717) is 30.2 Å². The van der Waals surface area contributed by atoms with Crippen molar-refractivity contribution in [3.63, 3.8) is 0 Å². The Morgan fingerprint density at radius 3 is 2.96 bits per heavy atom. The van der Waals surface area contributed by atoms with E-state index >= 15 is 0 Å². The van der Waals surface area contributed by atoms with Crippen LogP contribution in [0, 0.1) is 5.82 Å². The summed E-state index contributed by atoms with van der Waals surface area (Å²) in [6.45, 7) is 1.15. The number of hydrogen-bond donors (Lipinski definition) is 1. The Hall–Kier alpha value is -3.03. The van der Waals surface area contributed by atoms with Crippen LogP contribution >= 0.6 is 0 Å². The molecule has 0 aliphatic carbocycles. The molecule has 3 heterocycles. The maximum atomic E-state index is 13.9. The number of carbonyl (C=O) groups is 1. The van der Waals surface area contributed by atoms with Gasteiger partial charge in [-0.15, -0.1) is 10.2 Å². The molecular weight excluding hydrogens is 325 g/mol. The molecule has 1 atom stereocenters. The van der Waals surface area contributed by atoms with Gasteiger partial charge < -0.3 is 9.32 Å². The van der Waals surface area contributed by atoms with E-state index in [0.717, 1.165) is 12.8 Å². The van der Waals surface area contributed by atoms with Crippen LogP contribution < -0.4 is 0 Å². The lowest BCUT2D eigenvalue weighted by atomic mass is 9.97. The summed E-state index contributed by atoms with van der Waals surface area (Å²) in [5, 5.41) is 14.0. The minimum Gasteiger partial charge on any atom is -0.451 e. The lowest BCUT2D eigenvalue weighted by molar-refractivity contribution is 0.0673. The number of hydrogen-bond acceptors (Lipinski definition) is 5. The molecule has 1 amide bonds. The lowest BCUT2D eigenvalue weighted by Gasteiger charge is -2.30. The van der Waals surface area contributed by atoms with Gasteiger partial charge in [0.05, 0.1) is 5.56 Å². The number of aromatic nitrogens is 4. The Bertz CT molecular complexity index is 877. The molecule has 128 valence electrons. The van der Waals surface area contributed by atoms with Crippen molar-refractivity contribution in [2.45, 2.75) is 18.8 Å². The monoisotopic (exact) mass is 341 g/mol. The van der Waals surface area contributed by atoms with Crippen LogP contribution in [0.15, 0.2) is 40.8 Å². The molecule has 1 fully saturated rings. The molecule has 1 unspecified atom stereocenters. The SMILES string of the molecule is O=C(c1ccc(-c2ccccc2F)o1)N1CCCC(c2nn[nH]n2)C1. The fraction of sp³-hybridized carbons (Fsp3) is 0.294. The number of carbonyl (C=O) groups excluding carboxylic acids is 1. The van der Waals surface area contributed by atoms with Gasteiger partial charge in [0, 0.05) is 19.0 Å². The quantitative estimate of drug-likeness (QED) is 0.791. The highest BCUT2D eigenvalue weighted by Crippen LogP contribution is 2.28. The zero-order valence-corrected chi connectivity index (χ0v) is 13.4. The van der Waals surface area contributed by atoms with Crippen molar-refractivity contribution in [3.8, 4) is 11.3 Å². The summed E-state index contributed by atoms with van der Waals surface area (Å²) in [5.41, 5.74) is 0.338. The van der Waals surface area contributed by atoms with E-state index < -0.39 is 0 Å². The summed E-state index contributed by atoms with van der Waals surface area (Å²) in [7, 11) is 0. The largest absolute Gasteiger partial charge is 0.451 e. The molecule has 2 aromatic heterocycles. The summed E-state index contributed by atoms with van der Waals surface area (Å²) >= 11 is 0. The molecule has 0 radical (unpaired) electrons. The number of furan rings is 1. The molecule has 8 heteroatoms. The van der Waals surface area contributed by atoms with Gasteiger partial charge in [0.1, 0.15) is 11.6 Å². The highest BCUT2D eigenvalue weighted by molar-refractivity contribution is 5.92. The minimum absolute atomic E-state index is 0.0532. The zero-order valence-electron chi connectivity index (χ0n) is 13.4. The Morgan fingerprint density at radius 2 is 2.16 bits per heavy atom. The molecule has 1 aromatic carbocycles. The molecule has 0 spiro atoms. The first-order chi connectivity index (χ1) is 12.2. The Balaban J connectivity index is 1.52. The number of nitrogens with one attached hydrogen (secondary N) is 1. The number of nitrogens with zero attached hydrogens (tertiary/aromatic N) is 4. The summed E-state index contributed by atoms with van der Waals surface area (Å²) < 4.78 is 19.5. The molecule has 0 saturated carbocycles. The van der Waals surface area contributed by atoms with Crippen LogP contribution in [0.1, 0.15) is 35.1 Å². The van der Waals surface area contributed by atoms with E-state index in [9.17, 15) is 9.18 Å². The second-order valence-corrected chi connectivity index (χ2v) is 6.00. The van der Waals surface area contributed by atoms with Crippen molar-refractivity contribution < 1.29 is 13.6 Å². The maximum Gasteiger partial charge on any atom is 0.289 e. The van der Waals surface area contributed by atoms with Crippen molar-refractivity contribution >= 4 is 5.91 Å². The van der Waals surface area contributed by atoms with Gasteiger partial charge in [0.15, 0.2) is 11.6 Å². The third-order valence-corrected chi connectivity index (χ3v) is 4.39. The minimum atomic E-state index is -0.383. The summed E-state index contributed by atoms with van der Waals surface area (Å²) in [4.78, 5) is 14.4. The lowest BCUT2D eigenvalue weighted by Crippen LogP contribution is -2.39. The number of benzene rings is 1. The van der Waals surface area contributed by atoms with Crippen LogP contribution in [0.2, 0.25) is 0 Å². The molecular formula is C17H16FN5O2. The average Bonchev–Trinajstić information content (AvgIpc) is 3.34. The fourth-order valence-electron chi connectivity index (χ4n) is 3.13. The predicted molar refractivity (Wildman–Crippen MR) is 86.2 cm³/mol. The van der Waals surface area contributed by atoms with Gasteiger partial charge in [0.2, 0.25) is 0 Å². The van der Waals surface area contributed by atoms with Crippen molar-refractivity contribution in [2.24, 2.45) is 0 Å². The molecule has 7 nitrogen and oxygen atoms in total. The number of tetrazole rings is 1. The highest BCUT2D eigenvalue weighted by Gasteiger charge is 2.29. The second kappa shape index (κ2) is 6.46. The molecule has 1 aliphatic heterocycles. The highest BCUT2D eigenvalue weighted by atomic mass is 19.1. The number of likely N-dealkylation sites (tertiary alicyclic amines) is 1. The summed E-state index contributed by atoms with van der Waals surface area (Å²) in [6.07, 6.45) is 1.76. The fourth-order valence-corrected chi connectivity index (χ4v) is 3.13. The van der Waals surface area contributed by atoms with E-state index in [4.69, 9.17) is 4.42 Å². The molecule has 1 aliphatic rings.